The molecule has 1 saturated heterocycles. The number of hydrogen-bond donors (Lipinski definition) is 3. The molecule has 1 amide bonds. The number of alkyl halides is 3. The van der Waals surface area contributed by atoms with Gasteiger partial charge in [0, 0.05) is 37.2 Å². The maximum absolute atomic E-state index is 12.9. The molecule has 0 saturated carbocycles. The van der Waals surface area contributed by atoms with Crippen molar-refractivity contribution in [1.82, 2.24) is 14.9 Å². The highest BCUT2D eigenvalue weighted by Crippen LogP contribution is 2.32. The summed E-state index contributed by atoms with van der Waals surface area (Å²) < 4.78 is 38.7. The van der Waals surface area contributed by atoms with Gasteiger partial charge < -0.3 is 20.1 Å². The van der Waals surface area contributed by atoms with E-state index in [0.717, 1.165) is 12.1 Å². The van der Waals surface area contributed by atoms with Gasteiger partial charge in [0.05, 0.1) is 5.56 Å². The summed E-state index contributed by atoms with van der Waals surface area (Å²) in [6, 6.07) is 4.60. The zero-order chi connectivity index (χ0) is 20.7. The van der Waals surface area contributed by atoms with Crippen LogP contribution in [0.15, 0.2) is 24.3 Å². The predicted octanol–water partition coefficient (Wildman–Crippen LogP) is 2.46. The van der Waals surface area contributed by atoms with Gasteiger partial charge in [0.25, 0.3) is 5.91 Å². The van der Waals surface area contributed by atoms with Crippen LogP contribution in [-0.4, -0.2) is 55.6 Å². The number of aliphatic carboxylic acids is 1. The number of aliphatic hydroxyl groups is 1. The largest absolute Gasteiger partial charge is 0.479 e. The van der Waals surface area contributed by atoms with Crippen LogP contribution >= 0.6 is 0 Å². The monoisotopic (exact) mass is 397 g/mol. The molecule has 10 heteroatoms. The predicted molar refractivity (Wildman–Crippen MR) is 91.5 cm³/mol. The van der Waals surface area contributed by atoms with E-state index in [1.807, 2.05) is 0 Å². The molecule has 0 atom stereocenters. The number of H-pyrrole nitrogens is 1. The summed E-state index contributed by atoms with van der Waals surface area (Å²) in [5.74, 6) is -1.67. The lowest BCUT2D eigenvalue weighted by Gasteiger charge is -2.35. The first-order chi connectivity index (χ1) is 13.0. The summed E-state index contributed by atoms with van der Waals surface area (Å²) in [7, 11) is 0. The van der Waals surface area contributed by atoms with Gasteiger partial charge >= 0.3 is 12.1 Å². The third kappa shape index (κ3) is 3.72. The molecule has 1 aromatic carbocycles. The van der Waals surface area contributed by atoms with Gasteiger partial charge in [-0.05, 0) is 19.1 Å². The number of nitrogens with one attached hydrogen (secondary N) is 1. The van der Waals surface area contributed by atoms with Gasteiger partial charge in [-0.3, -0.25) is 4.79 Å². The molecular formula is C18H18F3N3O4. The average molecular weight is 397 g/mol. The first kappa shape index (κ1) is 19.9. The molecule has 1 aromatic heterocycles. The van der Waals surface area contributed by atoms with Crippen molar-refractivity contribution in [3.63, 3.8) is 0 Å². The second kappa shape index (κ2) is 6.93. The lowest BCUT2D eigenvalue weighted by molar-refractivity contribution is -0.162. The van der Waals surface area contributed by atoms with Gasteiger partial charge in [0.1, 0.15) is 11.5 Å². The van der Waals surface area contributed by atoms with Gasteiger partial charge in [-0.1, -0.05) is 12.1 Å². The number of hydrogen-bond acceptors (Lipinski definition) is 4. The first-order valence-electron chi connectivity index (χ1n) is 8.50. The molecule has 28 heavy (non-hydrogen) atoms. The number of halogens is 3. The summed E-state index contributed by atoms with van der Waals surface area (Å²) in [6.07, 6.45) is -4.72. The van der Waals surface area contributed by atoms with E-state index in [1.54, 1.807) is 6.92 Å². The molecule has 0 spiro atoms. The average Bonchev–Trinajstić information content (AvgIpc) is 3.03. The fraction of sp³-hybridized carbons (Fsp3) is 0.389. The minimum Gasteiger partial charge on any atom is -0.479 e. The SMILES string of the molecule is Cc1[nH]c(-c2cccc(C(F)(F)F)c2)nc1C(=O)N1CCC(O)(C(=O)O)CC1. The number of aromatic amines is 1. The van der Waals surface area contributed by atoms with Crippen LogP contribution in [0.4, 0.5) is 13.2 Å². The van der Waals surface area contributed by atoms with Gasteiger partial charge in [0.15, 0.2) is 5.60 Å². The van der Waals surface area contributed by atoms with Crippen molar-refractivity contribution in [2.24, 2.45) is 0 Å². The molecule has 1 fully saturated rings. The van der Waals surface area contributed by atoms with Crippen LogP contribution in [0.25, 0.3) is 11.4 Å². The fourth-order valence-corrected chi connectivity index (χ4v) is 3.09. The van der Waals surface area contributed by atoms with Gasteiger partial charge in [-0.25, -0.2) is 9.78 Å². The van der Waals surface area contributed by atoms with E-state index in [-0.39, 0.29) is 43.0 Å². The number of carboxylic acid groups (broad SMARTS) is 1. The number of rotatable bonds is 3. The number of likely N-dealkylation sites (tertiary alicyclic amines) is 1. The number of amides is 1. The molecular weight excluding hydrogens is 379 g/mol. The Morgan fingerprint density at radius 3 is 2.46 bits per heavy atom. The van der Waals surface area contributed by atoms with Crippen molar-refractivity contribution in [2.75, 3.05) is 13.1 Å². The third-order valence-electron chi connectivity index (χ3n) is 4.83. The third-order valence-corrected chi connectivity index (χ3v) is 4.83. The van der Waals surface area contributed by atoms with Crippen LogP contribution in [0.1, 0.15) is 34.6 Å². The Morgan fingerprint density at radius 2 is 1.89 bits per heavy atom. The number of carboxylic acids is 1. The van der Waals surface area contributed by atoms with E-state index >= 15 is 0 Å². The molecule has 2 heterocycles. The number of imidazole rings is 1. The van der Waals surface area contributed by atoms with E-state index in [0.29, 0.717) is 5.69 Å². The normalized spacial score (nSPS) is 16.8. The molecule has 1 aliphatic heterocycles. The standard InChI is InChI=1S/C18H18F3N3O4/c1-10-13(15(25)24-7-5-17(28,6-8-24)16(26)27)23-14(22-10)11-3-2-4-12(9-11)18(19,20)21/h2-4,9,28H,5-8H2,1H3,(H,22,23)(H,26,27). The van der Waals surface area contributed by atoms with Gasteiger partial charge in [-0.2, -0.15) is 13.2 Å². The van der Waals surface area contributed by atoms with Crippen LogP contribution in [0, 0.1) is 6.92 Å². The van der Waals surface area contributed by atoms with E-state index in [2.05, 4.69) is 9.97 Å². The van der Waals surface area contributed by atoms with Crippen LogP contribution < -0.4 is 0 Å². The Bertz CT molecular complexity index is 915. The second-order valence-corrected chi connectivity index (χ2v) is 6.77. The highest BCUT2D eigenvalue weighted by atomic mass is 19.4. The van der Waals surface area contributed by atoms with Crippen LogP contribution in [0.2, 0.25) is 0 Å². The quantitative estimate of drug-likeness (QED) is 0.738. The molecule has 0 unspecified atom stereocenters. The number of benzene rings is 1. The number of aryl methyl sites for hydroxylation is 1. The Morgan fingerprint density at radius 1 is 1.25 bits per heavy atom. The van der Waals surface area contributed by atoms with Crippen molar-refractivity contribution in [2.45, 2.75) is 31.5 Å². The smallest absolute Gasteiger partial charge is 0.416 e. The fourth-order valence-electron chi connectivity index (χ4n) is 3.09. The second-order valence-electron chi connectivity index (χ2n) is 6.77. The van der Waals surface area contributed by atoms with Crippen molar-refractivity contribution in [3.05, 3.63) is 41.2 Å². The zero-order valence-corrected chi connectivity index (χ0v) is 14.9. The minimum absolute atomic E-state index is 0.0345. The van der Waals surface area contributed by atoms with E-state index in [9.17, 15) is 27.9 Å². The summed E-state index contributed by atoms with van der Waals surface area (Å²) in [5, 5.41) is 19.0. The summed E-state index contributed by atoms with van der Waals surface area (Å²) in [5.41, 5.74) is -2.06. The zero-order valence-electron chi connectivity index (χ0n) is 14.9. The lowest BCUT2D eigenvalue weighted by Crippen LogP contribution is -2.51. The molecule has 3 N–H and O–H groups in total. The van der Waals surface area contributed by atoms with E-state index in [1.165, 1.54) is 17.0 Å². The first-order valence-corrected chi connectivity index (χ1v) is 8.50. The summed E-state index contributed by atoms with van der Waals surface area (Å²) in [4.78, 5) is 32.1. The van der Waals surface area contributed by atoms with E-state index in [4.69, 9.17) is 5.11 Å². The number of piperidine rings is 1. The van der Waals surface area contributed by atoms with Gasteiger partial charge in [0.2, 0.25) is 0 Å². The van der Waals surface area contributed by atoms with Crippen molar-refractivity contribution in [3.8, 4) is 11.4 Å². The Balaban J connectivity index is 1.82. The van der Waals surface area contributed by atoms with Crippen molar-refractivity contribution < 1.29 is 33.0 Å². The number of carbonyl (C=O) groups excluding carboxylic acids is 1. The van der Waals surface area contributed by atoms with E-state index < -0.39 is 29.2 Å². The molecule has 0 aliphatic carbocycles. The molecule has 1 aliphatic rings. The summed E-state index contributed by atoms with van der Waals surface area (Å²) in [6.45, 7) is 1.65. The van der Waals surface area contributed by atoms with Crippen molar-refractivity contribution >= 4 is 11.9 Å². The Labute approximate surface area is 157 Å². The molecule has 0 bridgehead atoms. The number of aromatic nitrogens is 2. The molecule has 0 radical (unpaired) electrons. The Kier molecular flexibility index (Phi) is 4.92. The van der Waals surface area contributed by atoms with Crippen LogP contribution in [-0.2, 0) is 11.0 Å². The van der Waals surface area contributed by atoms with Crippen molar-refractivity contribution in [1.29, 1.82) is 0 Å². The maximum atomic E-state index is 12.9. The number of nitrogens with zero attached hydrogens (tertiary/aromatic N) is 2. The minimum atomic E-state index is -4.50. The van der Waals surface area contributed by atoms with Crippen LogP contribution in [0.5, 0.6) is 0 Å². The highest BCUT2D eigenvalue weighted by Gasteiger charge is 2.41. The summed E-state index contributed by atoms with van der Waals surface area (Å²) >= 11 is 0. The lowest BCUT2D eigenvalue weighted by atomic mass is 9.91. The molecule has 3 rings (SSSR count). The molecule has 7 nitrogen and oxygen atoms in total. The highest BCUT2D eigenvalue weighted by molar-refractivity contribution is 5.94. The molecule has 2 aromatic rings. The Hall–Kier alpha value is -2.88. The molecule has 150 valence electrons. The maximum Gasteiger partial charge on any atom is 0.416 e. The number of carbonyl (C=O) groups is 2. The topological polar surface area (TPSA) is 107 Å². The van der Waals surface area contributed by atoms with Crippen LogP contribution in [0.3, 0.4) is 0 Å². The van der Waals surface area contributed by atoms with Gasteiger partial charge in [-0.15, -0.1) is 0 Å².